The zero-order valence-electron chi connectivity index (χ0n) is 15.0. The molecule has 0 saturated carbocycles. The van der Waals surface area contributed by atoms with Crippen LogP contribution in [0.5, 0.6) is 0 Å². The first-order valence-electron chi connectivity index (χ1n) is 9.00. The van der Waals surface area contributed by atoms with Gasteiger partial charge >= 0.3 is 12.1 Å². The minimum absolute atomic E-state index is 0.0681. The molecule has 0 N–H and O–H groups in total. The predicted octanol–water partition coefficient (Wildman–Crippen LogP) is 1.95. The van der Waals surface area contributed by atoms with Crippen LogP contribution in [-0.4, -0.2) is 59.5 Å². The molecule has 2 aliphatic heterocycles. The fourth-order valence-corrected chi connectivity index (χ4v) is 3.76. The number of carbonyl (C=O) groups excluding carboxylic acids is 3. The molecule has 140 valence electrons. The van der Waals surface area contributed by atoms with Gasteiger partial charge in [0, 0.05) is 13.1 Å². The number of amides is 2. The Bertz CT molecular complexity index is 678. The third kappa shape index (κ3) is 3.52. The molecule has 7 heteroatoms. The van der Waals surface area contributed by atoms with E-state index in [2.05, 4.69) is 0 Å². The number of hydrogen-bond acceptors (Lipinski definition) is 5. The van der Waals surface area contributed by atoms with Crippen LogP contribution in [0.3, 0.4) is 0 Å². The van der Waals surface area contributed by atoms with Crippen LogP contribution < -0.4 is 0 Å². The summed E-state index contributed by atoms with van der Waals surface area (Å²) in [6, 6.07) is 9.43. The van der Waals surface area contributed by atoms with Gasteiger partial charge in [0.2, 0.25) is 5.91 Å². The molecule has 1 aromatic rings. The van der Waals surface area contributed by atoms with Crippen LogP contribution in [0.15, 0.2) is 30.3 Å². The summed E-state index contributed by atoms with van der Waals surface area (Å²) in [5.74, 6) is -0.603. The SMILES string of the molecule is CCOC(=O)CN1CCC2(CCCN2C(=O)OCc2ccccc2)C1=O. The summed E-state index contributed by atoms with van der Waals surface area (Å²) in [4.78, 5) is 40.3. The molecule has 1 unspecified atom stereocenters. The molecule has 1 aromatic carbocycles. The molecule has 0 radical (unpaired) electrons. The summed E-state index contributed by atoms with van der Waals surface area (Å²) in [6.07, 6.45) is 1.40. The first kappa shape index (κ1) is 18.2. The van der Waals surface area contributed by atoms with E-state index in [-0.39, 0.29) is 25.7 Å². The van der Waals surface area contributed by atoms with E-state index in [1.807, 2.05) is 30.3 Å². The Morgan fingerprint density at radius 3 is 2.62 bits per heavy atom. The lowest BCUT2D eigenvalue weighted by Gasteiger charge is -2.32. The number of esters is 1. The van der Waals surface area contributed by atoms with Crippen LogP contribution in [0.4, 0.5) is 4.79 Å². The van der Waals surface area contributed by atoms with Crippen molar-refractivity contribution in [2.45, 2.75) is 38.3 Å². The maximum absolute atomic E-state index is 12.9. The Hall–Kier alpha value is -2.57. The Labute approximate surface area is 152 Å². The monoisotopic (exact) mass is 360 g/mol. The molecular formula is C19H24N2O5. The Balaban J connectivity index is 1.64. The number of rotatable bonds is 5. The van der Waals surface area contributed by atoms with Crippen molar-refractivity contribution in [2.24, 2.45) is 0 Å². The van der Waals surface area contributed by atoms with Gasteiger partial charge in [-0.15, -0.1) is 0 Å². The number of hydrogen-bond donors (Lipinski definition) is 0. The third-order valence-electron chi connectivity index (χ3n) is 5.02. The van der Waals surface area contributed by atoms with Gasteiger partial charge in [-0.2, -0.15) is 0 Å². The maximum atomic E-state index is 12.9. The maximum Gasteiger partial charge on any atom is 0.411 e. The van der Waals surface area contributed by atoms with E-state index in [0.717, 1.165) is 12.0 Å². The lowest BCUT2D eigenvalue weighted by atomic mass is 9.94. The highest BCUT2D eigenvalue weighted by Crippen LogP contribution is 2.39. The van der Waals surface area contributed by atoms with Crippen molar-refractivity contribution in [1.29, 1.82) is 0 Å². The lowest BCUT2D eigenvalue weighted by Crippen LogP contribution is -2.53. The highest BCUT2D eigenvalue weighted by atomic mass is 16.6. The predicted molar refractivity (Wildman–Crippen MR) is 93.1 cm³/mol. The number of benzene rings is 1. The molecule has 2 fully saturated rings. The summed E-state index contributed by atoms with van der Waals surface area (Å²) in [7, 11) is 0. The second-order valence-corrected chi connectivity index (χ2v) is 6.61. The quantitative estimate of drug-likeness (QED) is 0.750. The van der Waals surface area contributed by atoms with Gasteiger partial charge in [0.1, 0.15) is 18.7 Å². The smallest absolute Gasteiger partial charge is 0.411 e. The van der Waals surface area contributed by atoms with Gasteiger partial charge in [0.25, 0.3) is 0 Å². The number of nitrogens with zero attached hydrogens (tertiary/aromatic N) is 2. The van der Waals surface area contributed by atoms with Crippen LogP contribution in [0.1, 0.15) is 31.7 Å². The molecule has 2 saturated heterocycles. The van der Waals surface area contributed by atoms with Crippen molar-refractivity contribution < 1.29 is 23.9 Å². The van der Waals surface area contributed by atoms with E-state index in [1.165, 1.54) is 4.90 Å². The molecule has 0 bridgehead atoms. The molecule has 1 spiro atoms. The zero-order chi connectivity index (χ0) is 18.6. The minimum Gasteiger partial charge on any atom is -0.465 e. The minimum atomic E-state index is -0.875. The standard InChI is InChI=1S/C19H24N2O5/c1-2-25-16(22)13-20-12-10-19(17(20)23)9-6-11-21(19)18(24)26-14-15-7-4-3-5-8-15/h3-5,7-8H,2,6,9-14H2,1H3. The molecular weight excluding hydrogens is 336 g/mol. The fourth-order valence-electron chi connectivity index (χ4n) is 3.76. The topological polar surface area (TPSA) is 76.2 Å². The summed E-state index contributed by atoms with van der Waals surface area (Å²) >= 11 is 0. The summed E-state index contributed by atoms with van der Waals surface area (Å²) in [6.45, 7) is 3.05. The van der Waals surface area contributed by atoms with E-state index in [0.29, 0.717) is 25.9 Å². The van der Waals surface area contributed by atoms with Crippen LogP contribution in [-0.2, 0) is 25.7 Å². The van der Waals surface area contributed by atoms with Gasteiger partial charge in [-0.3, -0.25) is 14.5 Å². The Morgan fingerprint density at radius 1 is 1.12 bits per heavy atom. The van der Waals surface area contributed by atoms with E-state index >= 15 is 0 Å². The lowest BCUT2D eigenvalue weighted by molar-refractivity contribution is -0.149. The molecule has 2 amide bonds. The van der Waals surface area contributed by atoms with Gasteiger partial charge in [-0.05, 0) is 31.7 Å². The highest BCUT2D eigenvalue weighted by molar-refractivity contribution is 5.94. The van der Waals surface area contributed by atoms with Crippen LogP contribution in [0, 0.1) is 0 Å². The van der Waals surface area contributed by atoms with Gasteiger partial charge in [-0.25, -0.2) is 4.79 Å². The van der Waals surface area contributed by atoms with Gasteiger partial charge < -0.3 is 14.4 Å². The van der Waals surface area contributed by atoms with Crippen molar-refractivity contribution in [2.75, 3.05) is 26.2 Å². The average Bonchev–Trinajstić information content (AvgIpc) is 3.21. The molecule has 0 aromatic heterocycles. The van der Waals surface area contributed by atoms with Crippen LogP contribution >= 0.6 is 0 Å². The second kappa shape index (κ2) is 7.76. The molecule has 0 aliphatic carbocycles. The first-order valence-corrected chi connectivity index (χ1v) is 9.00. The summed E-state index contributed by atoms with van der Waals surface area (Å²) in [5, 5.41) is 0. The summed E-state index contributed by atoms with van der Waals surface area (Å²) in [5.41, 5.74) is 0.0241. The van der Waals surface area contributed by atoms with E-state index < -0.39 is 17.6 Å². The Kier molecular flexibility index (Phi) is 5.44. The molecule has 2 aliphatic rings. The molecule has 26 heavy (non-hydrogen) atoms. The van der Waals surface area contributed by atoms with Crippen molar-refractivity contribution in [3.8, 4) is 0 Å². The van der Waals surface area contributed by atoms with Crippen molar-refractivity contribution in [3.63, 3.8) is 0 Å². The van der Waals surface area contributed by atoms with Crippen LogP contribution in [0.25, 0.3) is 0 Å². The molecule has 3 rings (SSSR count). The normalized spacial score (nSPS) is 22.1. The number of carbonyl (C=O) groups is 3. The average molecular weight is 360 g/mol. The Morgan fingerprint density at radius 2 is 1.88 bits per heavy atom. The van der Waals surface area contributed by atoms with E-state index in [1.54, 1.807) is 11.8 Å². The number of likely N-dealkylation sites (tertiary alicyclic amines) is 2. The zero-order valence-corrected chi connectivity index (χ0v) is 15.0. The molecule has 7 nitrogen and oxygen atoms in total. The van der Waals surface area contributed by atoms with E-state index in [4.69, 9.17) is 9.47 Å². The largest absolute Gasteiger partial charge is 0.465 e. The van der Waals surface area contributed by atoms with Gasteiger partial charge in [-0.1, -0.05) is 30.3 Å². The van der Waals surface area contributed by atoms with E-state index in [9.17, 15) is 14.4 Å². The van der Waals surface area contributed by atoms with Gasteiger partial charge in [0.05, 0.1) is 6.61 Å². The summed E-state index contributed by atoms with van der Waals surface area (Å²) < 4.78 is 10.4. The van der Waals surface area contributed by atoms with Crippen molar-refractivity contribution in [1.82, 2.24) is 9.80 Å². The van der Waals surface area contributed by atoms with Crippen molar-refractivity contribution >= 4 is 18.0 Å². The van der Waals surface area contributed by atoms with Crippen LogP contribution in [0.2, 0.25) is 0 Å². The molecule has 2 heterocycles. The van der Waals surface area contributed by atoms with Gasteiger partial charge in [0.15, 0.2) is 0 Å². The highest BCUT2D eigenvalue weighted by Gasteiger charge is 2.55. The molecule has 1 atom stereocenters. The fraction of sp³-hybridized carbons (Fsp3) is 0.526. The second-order valence-electron chi connectivity index (χ2n) is 6.61. The van der Waals surface area contributed by atoms with Crippen molar-refractivity contribution in [3.05, 3.63) is 35.9 Å². The third-order valence-corrected chi connectivity index (χ3v) is 5.02. The first-order chi connectivity index (χ1) is 12.6. The number of ether oxygens (including phenoxy) is 2.